The summed E-state index contributed by atoms with van der Waals surface area (Å²) in [5, 5.41) is 11.8. The van der Waals surface area contributed by atoms with Crippen molar-refractivity contribution in [2.24, 2.45) is 0 Å². The Bertz CT molecular complexity index is 1020. The van der Waals surface area contributed by atoms with Crippen LogP contribution in [0.1, 0.15) is 28.7 Å². The summed E-state index contributed by atoms with van der Waals surface area (Å²) < 4.78 is 27.7. The van der Waals surface area contributed by atoms with E-state index >= 15 is 0 Å². The number of hydrogen-bond acceptors (Lipinski definition) is 3. The second kappa shape index (κ2) is 8.03. The second-order valence-electron chi connectivity index (χ2n) is 6.55. The minimum Gasteiger partial charge on any atom is -0.384 e. The molecule has 2 aromatic carbocycles. The van der Waals surface area contributed by atoms with Crippen LogP contribution in [-0.4, -0.2) is 15.8 Å². The smallest absolute Gasteiger partial charge is 0.126 e. The van der Waals surface area contributed by atoms with E-state index in [0.717, 1.165) is 11.6 Å². The molecule has 0 fully saturated rings. The molecule has 0 saturated carbocycles. The van der Waals surface area contributed by atoms with Crippen LogP contribution < -0.4 is 0 Å². The summed E-state index contributed by atoms with van der Waals surface area (Å²) in [7, 11) is 0. The Balaban J connectivity index is 1.88. The Morgan fingerprint density at radius 1 is 1.07 bits per heavy atom. The SMILES string of the molecule is OC(C1=C(c2cc(F)cc(F)c2)SCC1c1cccc(Cl)c1)c1cccnc1. The molecule has 0 bridgehead atoms. The zero-order valence-corrected chi connectivity index (χ0v) is 16.2. The van der Waals surface area contributed by atoms with Gasteiger partial charge in [0.15, 0.2) is 0 Å². The van der Waals surface area contributed by atoms with Crippen LogP contribution in [-0.2, 0) is 0 Å². The number of thioether (sulfide) groups is 1. The molecule has 142 valence electrons. The summed E-state index contributed by atoms with van der Waals surface area (Å²) in [5.74, 6) is -0.797. The molecular weight excluding hydrogens is 400 g/mol. The maximum Gasteiger partial charge on any atom is 0.126 e. The molecule has 0 aliphatic carbocycles. The van der Waals surface area contributed by atoms with Gasteiger partial charge < -0.3 is 5.11 Å². The summed E-state index contributed by atoms with van der Waals surface area (Å²) in [5.41, 5.74) is 2.70. The number of aliphatic hydroxyl groups is 1. The lowest BCUT2D eigenvalue weighted by Crippen LogP contribution is -2.10. The molecule has 2 atom stereocenters. The Morgan fingerprint density at radius 2 is 1.86 bits per heavy atom. The van der Waals surface area contributed by atoms with Gasteiger partial charge in [-0.05, 0) is 47.0 Å². The lowest BCUT2D eigenvalue weighted by atomic mass is 9.86. The topological polar surface area (TPSA) is 33.1 Å². The van der Waals surface area contributed by atoms with Gasteiger partial charge in [-0.1, -0.05) is 29.8 Å². The van der Waals surface area contributed by atoms with Crippen molar-refractivity contribution in [1.82, 2.24) is 4.98 Å². The van der Waals surface area contributed by atoms with Gasteiger partial charge in [-0.2, -0.15) is 0 Å². The van der Waals surface area contributed by atoms with Gasteiger partial charge in [0.05, 0.1) is 0 Å². The number of rotatable bonds is 4. The Morgan fingerprint density at radius 3 is 2.54 bits per heavy atom. The zero-order chi connectivity index (χ0) is 19.7. The zero-order valence-electron chi connectivity index (χ0n) is 14.6. The predicted octanol–water partition coefficient (Wildman–Crippen LogP) is 5.99. The minimum absolute atomic E-state index is 0.139. The summed E-state index contributed by atoms with van der Waals surface area (Å²) in [4.78, 5) is 4.76. The van der Waals surface area contributed by atoms with Crippen molar-refractivity contribution in [2.75, 3.05) is 5.75 Å². The van der Waals surface area contributed by atoms with E-state index in [0.29, 0.717) is 32.4 Å². The largest absolute Gasteiger partial charge is 0.384 e. The molecule has 0 radical (unpaired) electrons. The number of aromatic nitrogens is 1. The van der Waals surface area contributed by atoms with Crippen LogP contribution in [0.3, 0.4) is 0 Å². The van der Waals surface area contributed by atoms with Crippen LogP contribution in [0.25, 0.3) is 4.91 Å². The third kappa shape index (κ3) is 3.83. The molecular formula is C22H16ClF2NOS. The van der Waals surface area contributed by atoms with Crippen LogP contribution >= 0.6 is 23.4 Å². The Labute approximate surface area is 170 Å². The molecule has 6 heteroatoms. The second-order valence-corrected chi connectivity index (χ2v) is 8.02. The Kier molecular flexibility index (Phi) is 5.49. The molecule has 2 nitrogen and oxygen atoms in total. The van der Waals surface area contributed by atoms with E-state index in [9.17, 15) is 13.9 Å². The molecule has 1 aromatic heterocycles. The van der Waals surface area contributed by atoms with Gasteiger partial charge in [0.1, 0.15) is 17.7 Å². The van der Waals surface area contributed by atoms with Gasteiger partial charge in [-0.15, -0.1) is 11.8 Å². The van der Waals surface area contributed by atoms with Gasteiger partial charge in [0, 0.05) is 45.6 Å². The number of hydrogen-bond donors (Lipinski definition) is 1. The summed E-state index contributed by atoms with van der Waals surface area (Å²) in [6.07, 6.45) is 2.28. The molecule has 0 saturated heterocycles. The molecule has 1 N–H and O–H groups in total. The summed E-state index contributed by atoms with van der Waals surface area (Å²) >= 11 is 7.64. The normalized spacial score (nSPS) is 17.8. The minimum atomic E-state index is -0.950. The molecule has 1 aliphatic heterocycles. The van der Waals surface area contributed by atoms with E-state index < -0.39 is 17.7 Å². The highest BCUT2D eigenvalue weighted by molar-refractivity contribution is 8.08. The molecule has 2 unspecified atom stereocenters. The van der Waals surface area contributed by atoms with Crippen LogP contribution in [0.15, 0.2) is 72.6 Å². The molecule has 3 aromatic rings. The van der Waals surface area contributed by atoms with Crippen molar-refractivity contribution >= 4 is 28.3 Å². The van der Waals surface area contributed by atoms with Crippen molar-refractivity contribution in [3.63, 3.8) is 0 Å². The van der Waals surface area contributed by atoms with E-state index in [-0.39, 0.29) is 5.92 Å². The van der Waals surface area contributed by atoms with E-state index in [4.69, 9.17) is 11.6 Å². The van der Waals surface area contributed by atoms with Crippen molar-refractivity contribution < 1.29 is 13.9 Å². The van der Waals surface area contributed by atoms with Crippen LogP contribution in [0.5, 0.6) is 0 Å². The summed E-state index contributed by atoms with van der Waals surface area (Å²) in [6.45, 7) is 0. The molecule has 1 aliphatic rings. The lowest BCUT2D eigenvalue weighted by molar-refractivity contribution is 0.210. The average Bonchev–Trinajstić information content (AvgIpc) is 3.12. The number of halogens is 3. The number of pyridine rings is 1. The number of nitrogens with zero attached hydrogens (tertiary/aromatic N) is 1. The molecule has 2 heterocycles. The maximum absolute atomic E-state index is 13.8. The van der Waals surface area contributed by atoms with Crippen molar-refractivity contribution in [2.45, 2.75) is 12.0 Å². The lowest BCUT2D eigenvalue weighted by Gasteiger charge is -2.21. The van der Waals surface area contributed by atoms with E-state index in [1.165, 1.54) is 23.9 Å². The molecule has 0 spiro atoms. The number of aliphatic hydroxyl groups excluding tert-OH is 1. The summed E-state index contributed by atoms with van der Waals surface area (Å²) in [6, 6.07) is 14.4. The number of benzene rings is 2. The van der Waals surface area contributed by atoms with Crippen molar-refractivity contribution in [3.05, 3.63) is 106 Å². The Hall–Kier alpha value is -2.21. The highest BCUT2D eigenvalue weighted by atomic mass is 35.5. The third-order valence-corrected chi connectivity index (χ3v) is 6.20. The third-order valence-electron chi connectivity index (χ3n) is 4.70. The first-order valence-electron chi connectivity index (χ1n) is 8.69. The first-order valence-corrected chi connectivity index (χ1v) is 10.1. The average molecular weight is 416 g/mol. The van der Waals surface area contributed by atoms with Gasteiger partial charge >= 0.3 is 0 Å². The van der Waals surface area contributed by atoms with Crippen LogP contribution in [0, 0.1) is 11.6 Å². The first-order chi connectivity index (χ1) is 13.5. The monoisotopic (exact) mass is 415 g/mol. The fourth-order valence-corrected chi connectivity index (χ4v) is 5.07. The van der Waals surface area contributed by atoms with E-state index in [1.807, 2.05) is 18.2 Å². The first kappa shape index (κ1) is 19.1. The fourth-order valence-electron chi connectivity index (χ4n) is 3.46. The highest BCUT2D eigenvalue weighted by Gasteiger charge is 2.34. The fraction of sp³-hybridized carbons (Fsp3) is 0.136. The van der Waals surface area contributed by atoms with E-state index in [1.54, 1.807) is 30.6 Å². The standard InChI is InChI=1S/C22H16ClF2NOS/c23-16-5-1-3-13(7-16)19-12-28-22(15-8-17(24)10-18(25)9-15)20(19)21(27)14-4-2-6-26-11-14/h1-11,19,21,27H,12H2. The van der Waals surface area contributed by atoms with Crippen LogP contribution in [0.4, 0.5) is 8.78 Å². The van der Waals surface area contributed by atoms with Gasteiger partial charge in [0.2, 0.25) is 0 Å². The maximum atomic E-state index is 13.8. The quantitative estimate of drug-likeness (QED) is 0.568. The van der Waals surface area contributed by atoms with Gasteiger partial charge in [-0.25, -0.2) is 8.78 Å². The van der Waals surface area contributed by atoms with Gasteiger partial charge in [0.25, 0.3) is 0 Å². The van der Waals surface area contributed by atoms with Crippen molar-refractivity contribution in [1.29, 1.82) is 0 Å². The van der Waals surface area contributed by atoms with Crippen LogP contribution in [0.2, 0.25) is 5.02 Å². The highest BCUT2D eigenvalue weighted by Crippen LogP contribution is 2.51. The molecule has 28 heavy (non-hydrogen) atoms. The molecule has 0 amide bonds. The molecule has 4 rings (SSSR count). The predicted molar refractivity (Wildman–Crippen MR) is 109 cm³/mol. The van der Waals surface area contributed by atoms with Gasteiger partial charge in [-0.3, -0.25) is 4.98 Å². The van der Waals surface area contributed by atoms with E-state index in [2.05, 4.69) is 4.98 Å². The van der Waals surface area contributed by atoms with Crippen molar-refractivity contribution in [3.8, 4) is 0 Å².